The second-order valence-corrected chi connectivity index (χ2v) is 5.20. The molecule has 0 saturated carbocycles. The second kappa shape index (κ2) is 5.21. The van der Waals surface area contributed by atoms with E-state index in [2.05, 4.69) is 20.9 Å². The summed E-state index contributed by atoms with van der Waals surface area (Å²) in [6, 6.07) is 5.68. The smallest absolute Gasteiger partial charge is 0.110 e. The van der Waals surface area contributed by atoms with Crippen LogP contribution in [0.2, 0.25) is 5.02 Å². The first kappa shape index (κ1) is 12.6. The van der Waals surface area contributed by atoms with Crippen LogP contribution in [-0.4, -0.2) is 9.55 Å². The normalized spacial score (nSPS) is 12.7. The van der Waals surface area contributed by atoms with Crippen LogP contribution in [0.3, 0.4) is 0 Å². The molecule has 0 fully saturated rings. The summed E-state index contributed by atoms with van der Waals surface area (Å²) in [4.78, 5) is 4.26. The molecule has 1 unspecified atom stereocenters. The van der Waals surface area contributed by atoms with Gasteiger partial charge >= 0.3 is 0 Å². The SMILES string of the molecule is Cn1ccnc1CC(N)c1ccc(Br)c(Cl)c1. The van der Waals surface area contributed by atoms with Gasteiger partial charge in [-0.3, -0.25) is 0 Å². The van der Waals surface area contributed by atoms with Gasteiger partial charge in [-0.1, -0.05) is 17.7 Å². The molecule has 2 N–H and O–H groups in total. The zero-order valence-corrected chi connectivity index (χ0v) is 11.7. The van der Waals surface area contributed by atoms with Crippen molar-refractivity contribution in [3.05, 3.63) is 51.5 Å². The van der Waals surface area contributed by atoms with Gasteiger partial charge in [0, 0.05) is 36.4 Å². The molecule has 2 aromatic rings. The zero-order valence-electron chi connectivity index (χ0n) is 9.40. The molecule has 1 atom stereocenters. The quantitative estimate of drug-likeness (QED) is 0.946. The van der Waals surface area contributed by atoms with Gasteiger partial charge in [0.1, 0.15) is 5.82 Å². The maximum atomic E-state index is 6.15. The molecule has 1 heterocycles. The van der Waals surface area contributed by atoms with Crippen molar-refractivity contribution in [2.45, 2.75) is 12.5 Å². The van der Waals surface area contributed by atoms with Crippen LogP contribution in [0.15, 0.2) is 35.1 Å². The van der Waals surface area contributed by atoms with E-state index in [4.69, 9.17) is 17.3 Å². The Morgan fingerprint density at radius 3 is 2.88 bits per heavy atom. The van der Waals surface area contributed by atoms with Gasteiger partial charge < -0.3 is 10.3 Å². The average Bonchev–Trinajstić information content (AvgIpc) is 2.68. The van der Waals surface area contributed by atoms with E-state index in [1.807, 2.05) is 36.0 Å². The van der Waals surface area contributed by atoms with E-state index in [9.17, 15) is 0 Å². The van der Waals surface area contributed by atoms with Gasteiger partial charge in [0.25, 0.3) is 0 Å². The summed E-state index contributed by atoms with van der Waals surface area (Å²) >= 11 is 9.41. The van der Waals surface area contributed by atoms with Gasteiger partial charge in [0.15, 0.2) is 0 Å². The molecule has 0 aliphatic carbocycles. The van der Waals surface area contributed by atoms with Crippen LogP contribution >= 0.6 is 27.5 Å². The third kappa shape index (κ3) is 2.89. The summed E-state index contributed by atoms with van der Waals surface area (Å²) in [5.41, 5.74) is 7.16. The number of rotatable bonds is 3. The highest BCUT2D eigenvalue weighted by Gasteiger charge is 2.11. The van der Waals surface area contributed by atoms with E-state index in [1.54, 1.807) is 6.20 Å². The minimum atomic E-state index is -0.0956. The molecular weight excluding hydrogens is 302 g/mol. The number of nitrogens with two attached hydrogens (primary N) is 1. The van der Waals surface area contributed by atoms with Gasteiger partial charge in [0.05, 0.1) is 5.02 Å². The van der Waals surface area contributed by atoms with Crippen LogP contribution in [0.1, 0.15) is 17.4 Å². The maximum absolute atomic E-state index is 6.15. The minimum absolute atomic E-state index is 0.0956. The highest BCUT2D eigenvalue weighted by Crippen LogP contribution is 2.26. The molecule has 0 saturated heterocycles. The Kier molecular flexibility index (Phi) is 3.86. The molecule has 90 valence electrons. The van der Waals surface area contributed by atoms with Crippen LogP contribution in [0.5, 0.6) is 0 Å². The molecule has 0 aliphatic rings. The van der Waals surface area contributed by atoms with E-state index in [0.29, 0.717) is 11.4 Å². The maximum Gasteiger partial charge on any atom is 0.110 e. The van der Waals surface area contributed by atoms with Crippen molar-refractivity contribution in [2.24, 2.45) is 12.8 Å². The molecule has 1 aromatic carbocycles. The predicted molar refractivity (Wildman–Crippen MR) is 73.0 cm³/mol. The molecule has 17 heavy (non-hydrogen) atoms. The first-order valence-electron chi connectivity index (χ1n) is 5.24. The van der Waals surface area contributed by atoms with Crippen molar-refractivity contribution >= 4 is 27.5 Å². The molecule has 0 radical (unpaired) electrons. The van der Waals surface area contributed by atoms with E-state index in [1.165, 1.54) is 0 Å². The Bertz CT molecular complexity index is 524. The highest BCUT2D eigenvalue weighted by atomic mass is 79.9. The topological polar surface area (TPSA) is 43.8 Å². The van der Waals surface area contributed by atoms with Gasteiger partial charge in [-0.05, 0) is 33.6 Å². The van der Waals surface area contributed by atoms with Crippen LogP contribution in [-0.2, 0) is 13.5 Å². The molecule has 0 aliphatic heterocycles. The fourth-order valence-electron chi connectivity index (χ4n) is 1.65. The number of aromatic nitrogens is 2. The van der Waals surface area contributed by atoms with E-state index in [0.717, 1.165) is 15.9 Å². The van der Waals surface area contributed by atoms with Crippen molar-refractivity contribution in [3.63, 3.8) is 0 Å². The number of imidazole rings is 1. The van der Waals surface area contributed by atoms with Gasteiger partial charge in [-0.25, -0.2) is 4.98 Å². The van der Waals surface area contributed by atoms with Crippen molar-refractivity contribution < 1.29 is 0 Å². The number of aryl methyl sites for hydroxylation is 1. The van der Waals surface area contributed by atoms with Gasteiger partial charge in [0.2, 0.25) is 0 Å². The van der Waals surface area contributed by atoms with Crippen LogP contribution in [0, 0.1) is 0 Å². The monoisotopic (exact) mass is 313 g/mol. The van der Waals surface area contributed by atoms with Gasteiger partial charge in [-0.2, -0.15) is 0 Å². The number of benzene rings is 1. The molecule has 0 amide bonds. The van der Waals surface area contributed by atoms with Gasteiger partial charge in [-0.15, -0.1) is 0 Å². The van der Waals surface area contributed by atoms with Crippen molar-refractivity contribution in [3.8, 4) is 0 Å². The van der Waals surface area contributed by atoms with Crippen molar-refractivity contribution in [1.82, 2.24) is 9.55 Å². The molecule has 0 spiro atoms. The summed E-state index contributed by atoms with van der Waals surface area (Å²) < 4.78 is 2.85. The summed E-state index contributed by atoms with van der Waals surface area (Å²) in [7, 11) is 1.96. The Hall–Kier alpha value is -0.840. The summed E-state index contributed by atoms with van der Waals surface area (Å²) in [5.74, 6) is 0.969. The van der Waals surface area contributed by atoms with E-state index < -0.39 is 0 Å². The summed E-state index contributed by atoms with van der Waals surface area (Å²) in [5, 5.41) is 0.679. The lowest BCUT2D eigenvalue weighted by Crippen LogP contribution is -2.15. The summed E-state index contributed by atoms with van der Waals surface area (Å²) in [6.45, 7) is 0. The fraction of sp³-hybridized carbons (Fsp3) is 0.250. The molecule has 5 heteroatoms. The average molecular weight is 315 g/mol. The third-order valence-corrected chi connectivity index (χ3v) is 3.93. The largest absolute Gasteiger partial charge is 0.338 e. The Labute approximate surface area is 114 Å². The Morgan fingerprint density at radius 1 is 1.53 bits per heavy atom. The molecular formula is C12H13BrClN3. The first-order chi connectivity index (χ1) is 8.08. The lowest BCUT2D eigenvalue weighted by atomic mass is 10.0. The predicted octanol–water partition coefficient (Wildman–Crippen LogP) is 3.08. The summed E-state index contributed by atoms with van der Waals surface area (Å²) in [6.07, 6.45) is 4.38. The number of halogens is 2. The standard InChI is InChI=1S/C12H13BrClN3/c1-17-5-4-16-12(17)7-11(15)8-2-3-9(13)10(14)6-8/h2-6,11H,7,15H2,1H3. The lowest BCUT2D eigenvalue weighted by molar-refractivity contribution is 0.659. The molecule has 0 bridgehead atoms. The van der Waals surface area contributed by atoms with Crippen LogP contribution < -0.4 is 5.73 Å². The number of nitrogens with zero attached hydrogens (tertiary/aromatic N) is 2. The fourth-order valence-corrected chi connectivity index (χ4v) is 2.09. The van der Waals surface area contributed by atoms with Crippen LogP contribution in [0.4, 0.5) is 0 Å². The van der Waals surface area contributed by atoms with E-state index in [-0.39, 0.29) is 6.04 Å². The Morgan fingerprint density at radius 2 is 2.29 bits per heavy atom. The van der Waals surface area contributed by atoms with E-state index >= 15 is 0 Å². The van der Waals surface area contributed by atoms with Crippen LogP contribution in [0.25, 0.3) is 0 Å². The third-order valence-electron chi connectivity index (χ3n) is 2.70. The van der Waals surface area contributed by atoms with Crippen molar-refractivity contribution in [1.29, 1.82) is 0 Å². The molecule has 1 aromatic heterocycles. The lowest BCUT2D eigenvalue weighted by Gasteiger charge is -2.12. The Balaban J connectivity index is 2.17. The molecule has 3 nitrogen and oxygen atoms in total. The zero-order chi connectivity index (χ0) is 12.4. The van der Waals surface area contributed by atoms with Crippen molar-refractivity contribution in [2.75, 3.05) is 0 Å². The minimum Gasteiger partial charge on any atom is -0.338 e. The number of hydrogen-bond donors (Lipinski definition) is 1. The molecule has 2 rings (SSSR count). The first-order valence-corrected chi connectivity index (χ1v) is 6.41. The highest BCUT2D eigenvalue weighted by molar-refractivity contribution is 9.10. The second-order valence-electron chi connectivity index (χ2n) is 3.94. The number of hydrogen-bond acceptors (Lipinski definition) is 2.